The van der Waals surface area contributed by atoms with Gasteiger partial charge in [0.15, 0.2) is 11.6 Å². The number of ether oxygens (including phenoxy) is 2. The molecule has 0 aliphatic carbocycles. The molecule has 1 aliphatic rings. The Hall–Kier alpha value is -4.22. The number of aromatic carboxylic acids is 1. The zero-order chi connectivity index (χ0) is 23.8. The summed E-state index contributed by atoms with van der Waals surface area (Å²) in [4.78, 5) is 32.0. The van der Waals surface area contributed by atoms with Crippen molar-refractivity contribution < 1.29 is 41.7 Å². The molecule has 12 heteroatoms. The SMILES string of the molecule is O=C(O)c1ccc(C(=O)N[C@@]2(c3ccc(OC(F)(F)F)c(F)c3)COc3cccnc32)nc1. The Morgan fingerprint density at radius 1 is 1.15 bits per heavy atom. The number of nitrogens with one attached hydrogen (secondary N) is 1. The van der Waals surface area contributed by atoms with Crippen molar-refractivity contribution in [3.63, 3.8) is 0 Å². The van der Waals surface area contributed by atoms with Crippen molar-refractivity contribution in [3.8, 4) is 11.5 Å². The van der Waals surface area contributed by atoms with E-state index in [-0.39, 0.29) is 34.9 Å². The lowest BCUT2D eigenvalue weighted by Crippen LogP contribution is -2.49. The fourth-order valence-electron chi connectivity index (χ4n) is 3.36. The number of carboxylic acid groups (broad SMARTS) is 1. The predicted octanol–water partition coefficient (Wildman–Crippen LogP) is 3.28. The molecule has 1 atom stereocenters. The number of amides is 1. The van der Waals surface area contributed by atoms with Crippen LogP contribution in [0.5, 0.6) is 11.5 Å². The van der Waals surface area contributed by atoms with Crippen molar-refractivity contribution in [2.45, 2.75) is 11.9 Å². The highest BCUT2D eigenvalue weighted by Gasteiger charge is 2.46. The van der Waals surface area contributed by atoms with Gasteiger partial charge < -0.3 is 19.9 Å². The lowest BCUT2D eigenvalue weighted by Gasteiger charge is -2.29. The van der Waals surface area contributed by atoms with Crippen molar-refractivity contribution in [3.05, 3.63) is 83.2 Å². The molecule has 170 valence electrons. The number of pyridine rings is 2. The van der Waals surface area contributed by atoms with Crippen molar-refractivity contribution in [1.29, 1.82) is 0 Å². The molecule has 0 fully saturated rings. The number of hydrogen-bond donors (Lipinski definition) is 2. The Bertz CT molecular complexity index is 1230. The van der Waals surface area contributed by atoms with E-state index in [4.69, 9.17) is 9.84 Å². The van der Waals surface area contributed by atoms with Crippen LogP contribution in [0.3, 0.4) is 0 Å². The monoisotopic (exact) mass is 463 g/mol. The number of fused-ring (bicyclic) bond motifs is 1. The second kappa shape index (κ2) is 8.04. The Kier molecular flexibility index (Phi) is 5.36. The van der Waals surface area contributed by atoms with Crippen molar-refractivity contribution in [1.82, 2.24) is 15.3 Å². The molecule has 0 spiro atoms. The Labute approximate surface area is 182 Å². The first-order valence-electron chi connectivity index (χ1n) is 9.25. The molecule has 3 heterocycles. The quantitative estimate of drug-likeness (QED) is 0.559. The van der Waals surface area contributed by atoms with E-state index in [9.17, 15) is 27.2 Å². The molecular weight excluding hydrogens is 450 g/mol. The summed E-state index contributed by atoms with van der Waals surface area (Å²) in [7, 11) is 0. The van der Waals surface area contributed by atoms with E-state index in [0.717, 1.165) is 24.4 Å². The molecule has 0 saturated carbocycles. The van der Waals surface area contributed by atoms with E-state index in [2.05, 4.69) is 20.0 Å². The standard InChI is InChI=1S/C21H13F4N3O5/c22-13-8-12(4-6-15(13)33-21(23,24)25)20(10-32-16-2-1-7-26-17(16)20)28-18(29)14-5-3-11(9-27-14)19(30)31/h1-9H,10H2,(H,28,29)(H,30,31)/t20-/m1/s1. The first-order valence-corrected chi connectivity index (χ1v) is 9.25. The Morgan fingerprint density at radius 2 is 1.94 bits per heavy atom. The van der Waals surface area contributed by atoms with Gasteiger partial charge in [-0.25, -0.2) is 9.18 Å². The van der Waals surface area contributed by atoms with Gasteiger partial charge in [-0.3, -0.25) is 14.8 Å². The number of aromatic nitrogens is 2. The van der Waals surface area contributed by atoms with E-state index in [1.54, 1.807) is 12.1 Å². The van der Waals surface area contributed by atoms with Crippen LogP contribution < -0.4 is 14.8 Å². The summed E-state index contributed by atoms with van der Waals surface area (Å²) in [5.74, 6) is -4.08. The van der Waals surface area contributed by atoms with Gasteiger partial charge in [0, 0.05) is 12.4 Å². The molecule has 0 saturated heterocycles. The summed E-state index contributed by atoms with van der Waals surface area (Å²) >= 11 is 0. The third-order valence-electron chi connectivity index (χ3n) is 4.84. The number of benzene rings is 1. The summed E-state index contributed by atoms with van der Waals surface area (Å²) < 4.78 is 61.3. The summed E-state index contributed by atoms with van der Waals surface area (Å²) in [5.41, 5.74) is -1.62. The molecule has 3 aromatic rings. The van der Waals surface area contributed by atoms with E-state index in [0.29, 0.717) is 0 Å². The largest absolute Gasteiger partial charge is 0.573 e. The summed E-state index contributed by atoms with van der Waals surface area (Å²) in [6.07, 6.45) is -2.69. The highest BCUT2D eigenvalue weighted by atomic mass is 19.4. The molecule has 4 rings (SSSR count). The lowest BCUT2D eigenvalue weighted by molar-refractivity contribution is -0.275. The number of rotatable bonds is 5. The van der Waals surface area contributed by atoms with Crippen LogP contribution in [0.25, 0.3) is 0 Å². The molecule has 33 heavy (non-hydrogen) atoms. The molecule has 0 unspecified atom stereocenters. The second-order valence-electron chi connectivity index (χ2n) is 6.93. The zero-order valence-corrected chi connectivity index (χ0v) is 16.4. The predicted molar refractivity (Wildman–Crippen MR) is 102 cm³/mol. The van der Waals surface area contributed by atoms with E-state index in [1.165, 1.54) is 18.3 Å². The van der Waals surface area contributed by atoms with Gasteiger partial charge in [0.05, 0.1) is 5.56 Å². The first kappa shape index (κ1) is 22.0. The summed E-state index contributed by atoms with van der Waals surface area (Å²) in [5, 5.41) is 11.6. The molecular formula is C21H13F4N3O5. The fraction of sp³-hybridized carbons (Fsp3) is 0.143. The number of alkyl halides is 3. The van der Waals surface area contributed by atoms with E-state index in [1.807, 2.05) is 0 Å². The van der Waals surface area contributed by atoms with Gasteiger partial charge in [-0.1, -0.05) is 6.07 Å². The van der Waals surface area contributed by atoms with Crippen molar-refractivity contribution in [2.75, 3.05) is 6.61 Å². The molecule has 2 N–H and O–H groups in total. The number of carbonyl (C=O) groups excluding carboxylic acids is 1. The molecule has 2 aromatic heterocycles. The van der Waals surface area contributed by atoms with Gasteiger partial charge in [0.1, 0.15) is 29.3 Å². The van der Waals surface area contributed by atoms with E-state index >= 15 is 0 Å². The average molecular weight is 463 g/mol. The second-order valence-corrected chi connectivity index (χ2v) is 6.93. The van der Waals surface area contributed by atoms with Crippen LogP contribution in [0.15, 0.2) is 54.9 Å². The first-order chi connectivity index (χ1) is 15.6. The van der Waals surface area contributed by atoms with Gasteiger partial charge in [-0.05, 0) is 42.0 Å². The minimum atomic E-state index is -5.09. The van der Waals surface area contributed by atoms with Crippen LogP contribution in [0, 0.1) is 5.82 Å². The summed E-state index contributed by atoms with van der Waals surface area (Å²) in [6.45, 7) is -0.239. The Morgan fingerprint density at radius 3 is 2.58 bits per heavy atom. The third kappa shape index (κ3) is 4.27. The zero-order valence-electron chi connectivity index (χ0n) is 16.4. The van der Waals surface area contributed by atoms with Crippen LogP contribution in [-0.2, 0) is 5.54 Å². The number of halogens is 4. The van der Waals surface area contributed by atoms with Crippen LogP contribution >= 0.6 is 0 Å². The Balaban J connectivity index is 1.74. The van der Waals surface area contributed by atoms with Gasteiger partial charge in [-0.2, -0.15) is 0 Å². The van der Waals surface area contributed by atoms with E-state index < -0.39 is 35.3 Å². The normalized spacial score (nSPS) is 17.1. The minimum Gasteiger partial charge on any atom is -0.488 e. The number of nitrogens with zero attached hydrogens (tertiary/aromatic N) is 2. The summed E-state index contributed by atoms with van der Waals surface area (Å²) in [6, 6.07) is 8.22. The van der Waals surface area contributed by atoms with Crippen LogP contribution in [0.1, 0.15) is 32.1 Å². The lowest BCUT2D eigenvalue weighted by atomic mass is 9.87. The highest BCUT2D eigenvalue weighted by Crippen LogP contribution is 2.41. The molecule has 0 radical (unpaired) electrons. The molecule has 1 amide bonds. The fourth-order valence-corrected chi connectivity index (χ4v) is 3.36. The van der Waals surface area contributed by atoms with Gasteiger partial charge >= 0.3 is 12.3 Å². The topological polar surface area (TPSA) is 111 Å². The van der Waals surface area contributed by atoms with Gasteiger partial charge in [0.25, 0.3) is 5.91 Å². The van der Waals surface area contributed by atoms with Crippen LogP contribution in [0.4, 0.5) is 17.6 Å². The maximum Gasteiger partial charge on any atom is 0.573 e. The van der Waals surface area contributed by atoms with Crippen molar-refractivity contribution in [2.24, 2.45) is 0 Å². The molecule has 1 aromatic carbocycles. The van der Waals surface area contributed by atoms with Gasteiger partial charge in [0.2, 0.25) is 0 Å². The third-order valence-corrected chi connectivity index (χ3v) is 4.84. The number of carboxylic acids is 1. The van der Waals surface area contributed by atoms with Crippen molar-refractivity contribution >= 4 is 11.9 Å². The van der Waals surface area contributed by atoms with Gasteiger partial charge in [-0.15, -0.1) is 13.2 Å². The molecule has 0 bridgehead atoms. The average Bonchev–Trinajstić information content (AvgIpc) is 3.14. The minimum absolute atomic E-state index is 0.0440. The van der Waals surface area contributed by atoms with Crippen LogP contribution in [0.2, 0.25) is 0 Å². The van der Waals surface area contributed by atoms with Crippen LogP contribution in [-0.4, -0.2) is 39.9 Å². The molecule has 1 aliphatic heterocycles. The smallest absolute Gasteiger partial charge is 0.488 e. The highest BCUT2D eigenvalue weighted by molar-refractivity contribution is 5.94. The number of carbonyl (C=O) groups is 2. The maximum absolute atomic E-state index is 14.5. The molecule has 8 nitrogen and oxygen atoms in total. The number of hydrogen-bond acceptors (Lipinski definition) is 6. The maximum atomic E-state index is 14.5.